The topological polar surface area (TPSA) is 98.5 Å². The third kappa shape index (κ3) is 5.11. The van der Waals surface area contributed by atoms with E-state index in [1.54, 1.807) is 11.1 Å². The molecule has 0 spiro atoms. The number of hydrogen-bond acceptors (Lipinski definition) is 8. The molecule has 0 radical (unpaired) electrons. The van der Waals surface area contributed by atoms with Crippen LogP contribution >= 0.6 is 0 Å². The van der Waals surface area contributed by atoms with E-state index in [1.165, 1.54) is 36.5 Å². The number of nitriles is 1. The van der Waals surface area contributed by atoms with Crippen molar-refractivity contribution in [3.05, 3.63) is 54.0 Å². The molecule has 2 aromatic heterocycles. The minimum absolute atomic E-state index is 0.0881. The summed E-state index contributed by atoms with van der Waals surface area (Å²) in [5, 5.41) is 10.0. The fourth-order valence-corrected chi connectivity index (χ4v) is 7.93. The number of amides is 1. The summed E-state index contributed by atoms with van der Waals surface area (Å²) >= 11 is 0. The van der Waals surface area contributed by atoms with Crippen molar-refractivity contribution in [3.63, 3.8) is 0 Å². The van der Waals surface area contributed by atoms with Crippen LogP contribution in [0.5, 0.6) is 6.01 Å². The smallest absolute Gasteiger partial charge is 0.319 e. The Kier molecular flexibility index (Phi) is 6.97. The molecule has 0 bridgehead atoms. The Bertz CT molecular complexity index is 1730. The van der Waals surface area contributed by atoms with Gasteiger partial charge in [0.25, 0.3) is 0 Å². The van der Waals surface area contributed by atoms with Gasteiger partial charge in [0.1, 0.15) is 17.0 Å². The van der Waals surface area contributed by atoms with Gasteiger partial charge in [-0.1, -0.05) is 24.8 Å². The maximum absolute atomic E-state index is 16.7. The molecule has 3 atom stereocenters. The van der Waals surface area contributed by atoms with Crippen molar-refractivity contribution in [1.82, 2.24) is 24.8 Å². The number of anilines is 1. The number of carbonyl (C=O) groups is 1. The van der Waals surface area contributed by atoms with Crippen LogP contribution in [0.15, 0.2) is 37.1 Å². The van der Waals surface area contributed by atoms with Crippen molar-refractivity contribution in [3.8, 4) is 23.3 Å². The van der Waals surface area contributed by atoms with Gasteiger partial charge in [0.15, 0.2) is 5.82 Å². The molecule has 0 unspecified atom stereocenters. The van der Waals surface area contributed by atoms with Crippen LogP contribution < -0.4 is 9.64 Å². The minimum atomic E-state index is -0.470. The minimum Gasteiger partial charge on any atom is -0.463 e. The first-order chi connectivity index (χ1) is 22.0. The highest BCUT2D eigenvalue weighted by molar-refractivity contribution is 5.93. The highest BCUT2D eigenvalue weighted by Crippen LogP contribution is 2.58. The maximum Gasteiger partial charge on any atom is 0.319 e. The summed E-state index contributed by atoms with van der Waals surface area (Å²) in [6, 6.07) is 8.17. The molecule has 3 aliphatic carbocycles. The van der Waals surface area contributed by atoms with Gasteiger partial charge in [-0.2, -0.15) is 15.2 Å². The molecule has 2 saturated carbocycles. The van der Waals surface area contributed by atoms with Gasteiger partial charge >= 0.3 is 6.01 Å². The first-order valence-corrected chi connectivity index (χ1v) is 16.4. The van der Waals surface area contributed by atoms with E-state index in [0.717, 1.165) is 44.5 Å². The monoisotopic (exact) mass is 607 g/mol. The molecule has 0 N–H and O–H groups in total. The van der Waals surface area contributed by atoms with Gasteiger partial charge in [-0.25, -0.2) is 4.39 Å². The number of fused-ring (bicyclic) bond motifs is 4. The molecule has 2 saturated heterocycles. The summed E-state index contributed by atoms with van der Waals surface area (Å²) in [5.41, 5.74) is 3.96. The molecule has 1 amide bonds. The van der Waals surface area contributed by atoms with E-state index >= 15 is 4.39 Å². The third-order valence-electron chi connectivity index (χ3n) is 10.7. The zero-order valence-electron chi connectivity index (χ0n) is 25.6. The van der Waals surface area contributed by atoms with Crippen LogP contribution in [0.4, 0.5) is 10.2 Å². The summed E-state index contributed by atoms with van der Waals surface area (Å²) in [7, 11) is 0. The molecule has 232 valence electrons. The number of carbonyl (C=O) groups excluding carboxylic acids is 1. The average molecular weight is 608 g/mol. The Morgan fingerprint density at radius 2 is 2.04 bits per heavy atom. The predicted octanol–water partition coefficient (Wildman–Crippen LogP) is 4.86. The van der Waals surface area contributed by atoms with Crippen molar-refractivity contribution in [2.24, 2.45) is 11.3 Å². The molecule has 3 aromatic rings. The molecule has 1 aromatic carbocycles. The summed E-state index contributed by atoms with van der Waals surface area (Å²) in [5.74, 6) is 1.11. The number of nitrogens with zero attached hydrogens (tertiary/aromatic N) is 7. The number of halogens is 1. The van der Waals surface area contributed by atoms with Gasteiger partial charge in [0.2, 0.25) is 5.91 Å². The number of rotatable bonds is 9. The first kappa shape index (κ1) is 28.4. The fourth-order valence-electron chi connectivity index (χ4n) is 7.93. The molecule has 45 heavy (non-hydrogen) atoms. The summed E-state index contributed by atoms with van der Waals surface area (Å²) in [4.78, 5) is 33.0. The van der Waals surface area contributed by atoms with Crippen molar-refractivity contribution in [2.75, 3.05) is 50.8 Å². The van der Waals surface area contributed by atoms with E-state index in [-0.39, 0.29) is 35.3 Å². The van der Waals surface area contributed by atoms with E-state index in [4.69, 9.17) is 9.72 Å². The Balaban J connectivity index is 1.17. The Labute approximate surface area is 262 Å². The average Bonchev–Trinajstić information content (AvgIpc) is 3.91. The van der Waals surface area contributed by atoms with Crippen molar-refractivity contribution in [1.29, 1.82) is 5.26 Å². The number of aromatic nitrogens is 3. The molecule has 8 rings (SSSR count). The summed E-state index contributed by atoms with van der Waals surface area (Å²) in [6.45, 7) is 8.62. The predicted molar refractivity (Wildman–Crippen MR) is 168 cm³/mol. The summed E-state index contributed by atoms with van der Waals surface area (Å²) in [6.07, 6.45) is 10.0. The van der Waals surface area contributed by atoms with Gasteiger partial charge in [0, 0.05) is 43.4 Å². The van der Waals surface area contributed by atoms with Crippen LogP contribution in [0.1, 0.15) is 55.6 Å². The first-order valence-electron chi connectivity index (χ1n) is 16.4. The fraction of sp³-hybridized carbons (Fsp3) is 0.514. The lowest BCUT2D eigenvalue weighted by atomic mass is 9.96. The van der Waals surface area contributed by atoms with Crippen LogP contribution in [-0.2, 0) is 11.2 Å². The molecular weight excluding hydrogens is 569 g/mol. The van der Waals surface area contributed by atoms with Gasteiger partial charge < -0.3 is 19.4 Å². The van der Waals surface area contributed by atoms with Crippen LogP contribution in [0.25, 0.3) is 22.2 Å². The van der Waals surface area contributed by atoms with Gasteiger partial charge in [-0.05, 0) is 80.7 Å². The summed E-state index contributed by atoms with van der Waals surface area (Å²) < 4.78 is 23.0. The van der Waals surface area contributed by atoms with Crippen molar-refractivity contribution < 1.29 is 13.9 Å². The third-order valence-corrected chi connectivity index (χ3v) is 10.7. The molecule has 5 aliphatic rings. The second-order valence-electron chi connectivity index (χ2n) is 13.7. The largest absolute Gasteiger partial charge is 0.463 e. The Hall–Kier alpha value is -4.10. The van der Waals surface area contributed by atoms with Crippen LogP contribution in [0, 0.1) is 28.5 Å². The zero-order chi connectivity index (χ0) is 30.7. The number of likely N-dealkylation sites (tertiary alicyclic amines) is 1. The van der Waals surface area contributed by atoms with Gasteiger partial charge in [-0.15, -0.1) is 0 Å². The van der Waals surface area contributed by atoms with E-state index in [9.17, 15) is 10.1 Å². The van der Waals surface area contributed by atoms with Crippen LogP contribution in [0.3, 0.4) is 0 Å². The maximum atomic E-state index is 16.7. The SMILES string of the molecule is C=CC(=O)N1CCN(c2nc(OCC3(CN4CCCC4)CC3)nc3c(F)c(-c4cccc5c4C[C@@H]4C[C@H]54)ncc23)C[C@@H]1CC#N. The number of pyridine rings is 1. The van der Waals surface area contributed by atoms with E-state index in [1.807, 2.05) is 17.0 Å². The molecular formula is C35H38FN7O2. The lowest BCUT2D eigenvalue weighted by molar-refractivity contribution is -0.128. The Morgan fingerprint density at radius 3 is 2.82 bits per heavy atom. The normalized spacial score (nSPS) is 24.7. The molecule has 4 heterocycles. The zero-order valence-corrected chi connectivity index (χ0v) is 25.6. The Morgan fingerprint density at radius 1 is 1.20 bits per heavy atom. The van der Waals surface area contributed by atoms with Crippen molar-refractivity contribution >= 4 is 22.6 Å². The highest BCUT2D eigenvalue weighted by atomic mass is 19.1. The number of benzene rings is 1. The van der Waals surface area contributed by atoms with Crippen LogP contribution in [0.2, 0.25) is 0 Å². The molecule has 9 nitrogen and oxygen atoms in total. The second-order valence-corrected chi connectivity index (χ2v) is 13.7. The van der Waals surface area contributed by atoms with E-state index < -0.39 is 5.82 Å². The quantitative estimate of drug-likeness (QED) is 0.318. The van der Waals surface area contributed by atoms with Gasteiger partial charge in [0.05, 0.1) is 30.5 Å². The second kappa shape index (κ2) is 11.1. The lowest BCUT2D eigenvalue weighted by Gasteiger charge is -2.41. The number of ether oxygens (including phenoxy) is 1. The van der Waals surface area contributed by atoms with E-state index in [2.05, 4.69) is 33.6 Å². The molecule has 10 heteroatoms. The molecule has 2 aliphatic heterocycles. The molecule has 4 fully saturated rings. The lowest BCUT2D eigenvalue weighted by Crippen LogP contribution is -2.55. The van der Waals surface area contributed by atoms with Crippen LogP contribution in [-0.4, -0.2) is 82.6 Å². The highest BCUT2D eigenvalue weighted by Gasteiger charge is 2.47. The number of piperazine rings is 1. The standard InChI is InChI=1S/C35H38FN7O2/c1-2-29(44)43-15-14-42(19-23(43)8-11-37)33-28-18-38-31(25-7-5-6-24-26-16-22(26)17-27(24)25)30(36)32(28)39-34(40-33)45-21-35(9-10-35)20-41-12-3-4-13-41/h2,5-7,18,22-23,26H,1,3-4,8-10,12-17,19-21H2/t22-,23-,26-/m0/s1. The van der Waals surface area contributed by atoms with Gasteiger partial charge in [-0.3, -0.25) is 9.78 Å². The number of hydrogen-bond donors (Lipinski definition) is 0. The van der Waals surface area contributed by atoms with E-state index in [0.29, 0.717) is 55.0 Å². The van der Waals surface area contributed by atoms with Crippen molar-refractivity contribution in [2.45, 2.75) is 56.9 Å².